The van der Waals surface area contributed by atoms with Crippen LogP contribution in [-0.4, -0.2) is 20.9 Å². The number of hydrogen-bond donors (Lipinski definition) is 1. The van der Waals surface area contributed by atoms with E-state index >= 15 is 0 Å². The molecule has 2 N–H and O–H groups in total. The van der Waals surface area contributed by atoms with Gasteiger partial charge in [0.25, 0.3) is 5.91 Å². The summed E-state index contributed by atoms with van der Waals surface area (Å²) in [6.45, 7) is 1.87. The van der Waals surface area contributed by atoms with Gasteiger partial charge in [0.1, 0.15) is 5.52 Å². The van der Waals surface area contributed by atoms with Crippen molar-refractivity contribution in [1.82, 2.24) is 15.0 Å². The number of benzene rings is 2. The molecule has 0 amide bonds. The van der Waals surface area contributed by atoms with Gasteiger partial charge in [0.05, 0.1) is 11.1 Å². The summed E-state index contributed by atoms with van der Waals surface area (Å²) in [7, 11) is 0. The van der Waals surface area contributed by atoms with Gasteiger partial charge in [-0.1, -0.05) is 29.5 Å². The Balaban J connectivity index is 2.17. The fraction of sp³-hybridized carbons (Fsp3) is 0.0714. The van der Waals surface area contributed by atoms with E-state index in [-0.39, 0.29) is 5.91 Å². The molecule has 0 aliphatic carbocycles. The van der Waals surface area contributed by atoms with E-state index in [2.05, 4.69) is 10.3 Å². The van der Waals surface area contributed by atoms with E-state index in [4.69, 9.17) is 5.73 Å². The Bertz CT molecular complexity index is 776. The molecule has 0 radical (unpaired) electrons. The third kappa shape index (κ3) is 1.76. The van der Waals surface area contributed by atoms with Gasteiger partial charge < -0.3 is 5.73 Å². The fourth-order valence-electron chi connectivity index (χ4n) is 2.00. The predicted molar refractivity (Wildman–Crippen MR) is 72.8 cm³/mol. The van der Waals surface area contributed by atoms with Crippen LogP contribution in [0.25, 0.3) is 11.0 Å². The summed E-state index contributed by atoms with van der Waals surface area (Å²) < 4.78 is 1.28. The standard InChI is InChI=1S/C14H12N4O/c1-9-5-4-6-10(13(9)15)14(19)18-12-8-3-2-7-11(12)16-17-18/h2-8H,15H2,1H3. The number of hydrogen-bond acceptors (Lipinski definition) is 4. The first-order valence-electron chi connectivity index (χ1n) is 5.88. The summed E-state index contributed by atoms with van der Waals surface area (Å²) in [6, 6.07) is 12.7. The average Bonchev–Trinajstić information content (AvgIpc) is 2.85. The Morgan fingerprint density at radius 2 is 1.95 bits per heavy atom. The van der Waals surface area contributed by atoms with Crippen LogP contribution in [-0.2, 0) is 0 Å². The van der Waals surface area contributed by atoms with Crippen LogP contribution in [0.3, 0.4) is 0 Å². The zero-order chi connectivity index (χ0) is 13.4. The molecule has 0 fully saturated rings. The lowest BCUT2D eigenvalue weighted by Crippen LogP contribution is -2.16. The van der Waals surface area contributed by atoms with Gasteiger partial charge in [-0.05, 0) is 30.7 Å². The second kappa shape index (κ2) is 4.20. The molecule has 0 unspecified atom stereocenters. The van der Waals surface area contributed by atoms with Crippen LogP contribution in [0.1, 0.15) is 15.9 Å². The number of nitrogen functional groups attached to an aromatic ring is 1. The highest BCUT2D eigenvalue weighted by Crippen LogP contribution is 2.19. The summed E-state index contributed by atoms with van der Waals surface area (Å²) in [4.78, 5) is 12.5. The van der Waals surface area contributed by atoms with Crippen LogP contribution in [0.2, 0.25) is 0 Å². The van der Waals surface area contributed by atoms with E-state index < -0.39 is 0 Å². The molecule has 1 aromatic heterocycles. The van der Waals surface area contributed by atoms with Gasteiger partial charge >= 0.3 is 0 Å². The highest BCUT2D eigenvalue weighted by molar-refractivity contribution is 6.04. The maximum absolute atomic E-state index is 12.5. The molecule has 0 bridgehead atoms. The molecule has 2 aromatic carbocycles. The molecule has 1 heterocycles. The number of carbonyl (C=O) groups is 1. The number of aryl methyl sites for hydroxylation is 1. The number of nitrogens with zero attached hydrogens (tertiary/aromatic N) is 3. The van der Waals surface area contributed by atoms with Gasteiger partial charge in [-0.15, -0.1) is 5.10 Å². The predicted octanol–water partition coefficient (Wildman–Crippen LogP) is 2.01. The van der Waals surface area contributed by atoms with E-state index in [9.17, 15) is 4.79 Å². The van der Waals surface area contributed by atoms with E-state index in [0.717, 1.165) is 5.56 Å². The number of fused-ring (bicyclic) bond motifs is 1. The quantitative estimate of drug-likeness (QED) is 0.672. The Morgan fingerprint density at radius 1 is 1.16 bits per heavy atom. The summed E-state index contributed by atoms with van der Waals surface area (Å²) in [5, 5.41) is 7.87. The third-order valence-electron chi connectivity index (χ3n) is 3.10. The van der Waals surface area contributed by atoms with Crippen LogP contribution in [0, 0.1) is 6.92 Å². The van der Waals surface area contributed by atoms with Crippen molar-refractivity contribution in [1.29, 1.82) is 0 Å². The van der Waals surface area contributed by atoms with Gasteiger partial charge in [0.15, 0.2) is 0 Å². The van der Waals surface area contributed by atoms with Crippen molar-refractivity contribution in [2.75, 3.05) is 5.73 Å². The zero-order valence-electron chi connectivity index (χ0n) is 10.4. The van der Waals surface area contributed by atoms with Crippen molar-refractivity contribution in [2.24, 2.45) is 0 Å². The molecule has 0 aliphatic heterocycles. The van der Waals surface area contributed by atoms with Crippen LogP contribution >= 0.6 is 0 Å². The molecular formula is C14H12N4O. The van der Waals surface area contributed by atoms with Crippen molar-refractivity contribution < 1.29 is 4.79 Å². The Morgan fingerprint density at radius 3 is 2.79 bits per heavy atom. The minimum atomic E-state index is -0.269. The first-order valence-corrected chi connectivity index (χ1v) is 5.88. The minimum Gasteiger partial charge on any atom is -0.398 e. The van der Waals surface area contributed by atoms with Crippen molar-refractivity contribution in [2.45, 2.75) is 6.92 Å². The number of rotatable bonds is 1. The van der Waals surface area contributed by atoms with E-state index in [1.54, 1.807) is 18.2 Å². The summed E-state index contributed by atoms with van der Waals surface area (Å²) in [5.74, 6) is -0.269. The molecule has 19 heavy (non-hydrogen) atoms. The highest BCUT2D eigenvalue weighted by Gasteiger charge is 2.16. The fourth-order valence-corrected chi connectivity index (χ4v) is 2.00. The molecule has 94 valence electrons. The molecule has 0 aliphatic rings. The lowest BCUT2D eigenvalue weighted by atomic mass is 10.1. The maximum atomic E-state index is 12.5. The lowest BCUT2D eigenvalue weighted by Gasteiger charge is -2.07. The van der Waals surface area contributed by atoms with Crippen molar-refractivity contribution >= 4 is 22.6 Å². The molecule has 5 heteroatoms. The number of para-hydroxylation sites is 2. The smallest absolute Gasteiger partial charge is 0.282 e. The summed E-state index contributed by atoms with van der Waals surface area (Å²) >= 11 is 0. The summed E-state index contributed by atoms with van der Waals surface area (Å²) in [6.07, 6.45) is 0. The van der Waals surface area contributed by atoms with Gasteiger partial charge in [-0.3, -0.25) is 4.79 Å². The Kier molecular flexibility index (Phi) is 2.52. The van der Waals surface area contributed by atoms with Gasteiger partial charge in [-0.2, -0.15) is 4.68 Å². The molecule has 3 rings (SSSR count). The Labute approximate surface area is 109 Å². The second-order valence-corrected chi connectivity index (χ2v) is 4.33. The van der Waals surface area contributed by atoms with Gasteiger partial charge in [0.2, 0.25) is 0 Å². The highest BCUT2D eigenvalue weighted by atomic mass is 16.2. The molecule has 3 aromatic rings. The van der Waals surface area contributed by atoms with Crippen molar-refractivity contribution in [3.8, 4) is 0 Å². The van der Waals surface area contributed by atoms with Crippen LogP contribution in [0.15, 0.2) is 42.5 Å². The van der Waals surface area contributed by atoms with E-state index in [1.807, 2.05) is 31.2 Å². The Hall–Kier alpha value is -2.69. The second-order valence-electron chi connectivity index (χ2n) is 4.33. The number of anilines is 1. The molecule has 0 saturated carbocycles. The minimum absolute atomic E-state index is 0.269. The monoisotopic (exact) mass is 252 g/mol. The lowest BCUT2D eigenvalue weighted by molar-refractivity contribution is 0.0949. The van der Waals surface area contributed by atoms with Crippen LogP contribution in [0.4, 0.5) is 5.69 Å². The average molecular weight is 252 g/mol. The number of carbonyl (C=O) groups excluding carboxylic acids is 1. The first kappa shape index (κ1) is 11.4. The largest absolute Gasteiger partial charge is 0.398 e. The van der Waals surface area contributed by atoms with Gasteiger partial charge in [0, 0.05) is 5.69 Å². The number of nitrogens with two attached hydrogens (primary N) is 1. The van der Waals surface area contributed by atoms with E-state index in [1.165, 1.54) is 4.68 Å². The normalized spacial score (nSPS) is 10.8. The number of aromatic nitrogens is 3. The molecular weight excluding hydrogens is 240 g/mol. The van der Waals surface area contributed by atoms with Crippen molar-refractivity contribution in [3.63, 3.8) is 0 Å². The SMILES string of the molecule is Cc1cccc(C(=O)n2nnc3ccccc32)c1N. The summed E-state index contributed by atoms with van der Waals surface area (Å²) in [5.41, 5.74) is 9.10. The van der Waals surface area contributed by atoms with Gasteiger partial charge in [-0.25, -0.2) is 0 Å². The molecule has 0 atom stereocenters. The van der Waals surface area contributed by atoms with Crippen LogP contribution in [0.5, 0.6) is 0 Å². The van der Waals surface area contributed by atoms with E-state index in [0.29, 0.717) is 22.3 Å². The van der Waals surface area contributed by atoms with Crippen LogP contribution < -0.4 is 5.73 Å². The zero-order valence-corrected chi connectivity index (χ0v) is 10.4. The molecule has 0 spiro atoms. The topological polar surface area (TPSA) is 73.8 Å². The van der Waals surface area contributed by atoms with Crippen molar-refractivity contribution in [3.05, 3.63) is 53.6 Å². The molecule has 0 saturated heterocycles. The first-order chi connectivity index (χ1) is 9.18. The molecule has 5 nitrogen and oxygen atoms in total. The maximum Gasteiger partial charge on any atom is 0.282 e. The third-order valence-corrected chi connectivity index (χ3v) is 3.10.